The molecule has 0 saturated carbocycles. The minimum atomic E-state index is -1.06. The molecule has 1 aromatic carbocycles. The van der Waals surface area contributed by atoms with Crippen LogP contribution in [-0.2, 0) is 14.3 Å². The van der Waals surface area contributed by atoms with Gasteiger partial charge in [-0.05, 0) is 57.9 Å². The van der Waals surface area contributed by atoms with Crippen LogP contribution in [0.15, 0.2) is 18.2 Å². The number of rotatable bonds is 8. The summed E-state index contributed by atoms with van der Waals surface area (Å²) < 4.78 is 10.6. The maximum absolute atomic E-state index is 11.8. The number of nitrogens with one attached hydrogen (secondary N) is 2. The van der Waals surface area contributed by atoms with E-state index >= 15 is 0 Å². The molecular weight excluding hydrogens is 360 g/mol. The van der Waals surface area contributed by atoms with Crippen molar-refractivity contribution in [2.24, 2.45) is 0 Å². The summed E-state index contributed by atoms with van der Waals surface area (Å²) in [6.07, 6.45) is -0.522. The van der Waals surface area contributed by atoms with E-state index in [-0.39, 0.29) is 12.5 Å². The molecule has 1 unspecified atom stereocenters. The second kappa shape index (κ2) is 10.7. The maximum Gasteiger partial charge on any atom is 0.321 e. The summed E-state index contributed by atoms with van der Waals surface area (Å²) >= 11 is 5.88. The smallest absolute Gasteiger partial charge is 0.321 e. The molecule has 1 aromatic rings. The molecule has 0 aliphatic carbocycles. The number of imide groups is 1. The first-order chi connectivity index (χ1) is 12.2. The number of hydrogen-bond acceptors (Lipinski definition) is 5. The van der Waals surface area contributed by atoms with Gasteiger partial charge in [0.1, 0.15) is 5.75 Å². The number of ether oxygens (including phenoxy) is 2. The number of amides is 3. The van der Waals surface area contributed by atoms with E-state index in [1.165, 1.54) is 6.92 Å². The summed E-state index contributed by atoms with van der Waals surface area (Å²) in [6, 6.07) is 4.56. The predicted octanol–water partition coefficient (Wildman–Crippen LogP) is 2.97. The summed E-state index contributed by atoms with van der Waals surface area (Å²) in [5, 5.41) is 5.26. The molecule has 26 heavy (non-hydrogen) atoms. The zero-order chi connectivity index (χ0) is 19.7. The molecule has 0 aliphatic rings. The van der Waals surface area contributed by atoms with E-state index in [0.29, 0.717) is 23.8 Å². The lowest BCUT2D eigenvalue weighted by atomic mass is 10.2. The number of aryl methyl sites for hydroxylation is 1. The monoisotopic (exact) mass is 384 g/mol. The van der Waals surface area contributed by atoms with Crippen molar-refractivity contribution in [2.75, 3.05) is 6.61 Å². The molecule has 0 aliphatic heterocycles. The second-order valence-corrected chi connectivity index (χ2v) is 6.55. The Morgan fingerprint density at radius 3 is 2.50 bits per heavy atom. The van der Waals surface area contributed by atoms with Gasteiger partial charge in [-0.2, -0.15) is 0 Å². The second-order valence-electron chi connectivity index (χ2n) is 6.11. The number of hydrogen-bond donors (Lipinski definition) is 2. The Balaban J connectivity index is 2.28. The molecule has 0 spiro atoms. The number of carbonyl (C=O) groups excluding carboxylic acids is 3. The van der Waals surface area contributed by atoms with E-state index in [2.05, 4.69) is 10.6 Å². The first-order valence-electron chi connectivity index (χ1n) is 8.38. The van der Waals surface area contributed by atoms with Crippen molar-refractivity contribution in [1.82, 2.24) is 10.6 Å². The van der Waals surface area contributed by atoms with Crippen LogP contribution < -0.4 is 15.4 Å². The van der Waals surface area contributed by atoms with E-state index in [9.17, 15) is 14.4 Å². The lowest BCUT2D eigenvalue weighted by Gasteiger charge is -2.14. The minimum absolute atomic E-state index is 0.0997. The molecule has 8 heteroatoms. The van der Waals surface area contributed by atoms with Crippen molar-refractivity contribution in [3.8, 4) is 5.75 Å². The maximum atomic E-state index is 11.8. The van der Waals surface area contributed by atoms with Crippen LogP contribution in [0.2, 0.25) is 5.02 Å². The van der Waals surface area contributed by atoms with E-state index in [0.717, 1.165) is 5.56 Å². The molecule has 0 heterocycles. The fraction of sp³-hybridized carbons (Fsp3) is 0.500. The predicted molar refractivity (Wildman–Crippen MR) is 98.3 cm³/mol. The molecule has 0 aromatic heterocycles. The summed E-state index contributed by atoms with van der Waals surface area (Å²) in [7, 11) is 0. The van der Waals surface area contributed by atoms with Crippen LogP contribution >= 0.6 is 11.6 Å². The molecule has 0 saturated heterocycles. The Hall–Kier alpha value is -2.28. The molecule has 0 bridgehead atoms. The SMILES string of the molecule is Cc1cc(Cl)ccc1OCCCC(=O)OC(C)C(=O)NC(=O)NC(C)C. The summed E-state index contributed by atoms with van der Waals surface area (Å²) in [4.78, 5) is 35.0. The number of benzene rings is 1. The zero-order valence-corrected chi connectivity index (χ0v) is 16.2. The molecule has 1 rings (SSSR count). The first-order valence-corrected chi connectivity index (χ1v) is 8.76. The summed E-state index contributed by atoms with van der Waals surface area (Å²) in [6.45, 7) is 7.14. The highest BCUT2D eigenvalue weighted by molar-refractivity contribution is 6.30. The molecule has 3 amide bonds. The largest absolute Gasteiger partial charge is 0.493 e. The molecule has 0 radical (unpaired) electrons. The van der Waals surface area contributed by atoms with Gasteiger partial charge in [-0.3, -0.25) is 14.9 Å². The lowest BCUT2D eigenvalue weighted by molar-refractivity contribution is -0.154. The Morgan fingerprint density at radius 1 is 1.19 bits per heavy atom. The third-order valence-corrected chi connectivity index (χ3v) is 3.49. The first kappa shape index (κ1) is 21.8. The van der Waals surface area contributed by atoms with Crippen molar-refractivity contribution in [1.29, 1.82) is 0 Å². The highest BCUT2D eigenvalue weighted by Gasteiger charge is 2.20. The third kappa shape index (κ3) is 8.20. The quantitative estimate of drug-likeness (QED) is 0.530. The van der Waals surface area contributed by atoms with Crippen LogP contribution in [0.5, 0.6) is 5.75 Å². The normalized spacial score (nSPS) is 11.6. The molecule has 1 atom stereocenters. The molecule has 7 nitrogen and oxygen atoms in total. The van der Waals surface area contributed by atoms with E-state index in [4.69, 9.17) is 21.1 Å². The Labute approximate surface area is 158 Å². The van der Waals surface area contributed by atoms with Crippen molar-refractivity contribution >= 4 is 29.5 Å². The van der Waals surface area contributed by atoms with E-state index in [1.807, 2.05) is 6.92 Å². The van der Waals surface area contributed by atoms with Crippen molar-refractivity contribution in [3.05, 3.63) is 28.8 Å². The molecule has 2 N–H and O–H groups in total. The van der Waals surface area contributed by atoms with Gasteiger partial charge in [0, 0.05) is 17.5 Å². The Morgan fingerprint density at radius 2 is 1.88 bits per heavy atom. The number of halogens is 1. The Kier molecular flexibility index (Phi) is 8.92. The highest BCUT2D eigenvalue weighted by Crippen LogP contribution is 2.21. The summed E-state index contributed by atoms with van der Waals surface area (Å²) in [5.41, 5.74) is 0.907. The van der Waals surface area contributed by atoms with Gasteiger partial charge in [0.05, 0.1) is 6.61 Å². The van der Waals surface area contributed by atoms with Gasteiger partial charge in [0.2, 0.25) is 0 Å². The van der Waals surface area contributed by atoms with Crippen molar-refractivity contribution in [3.63, 3.8) is 0 Å². The third-order valence-electron chi connectivity index (χ3n) is 3.25. The zero-order valence-electron chi connectivity index (χ0n) is 15.4. The lowest BCUT2D eigenvalue weighted by Crippen LogP contribution is -2.46. The number of urea groups is 1. The average molecular weight is 385 g/mol. The van der Waals surface area contributed by atoms with Gasteiger partial charge in [-0.15, -0.1) is 0 Å². The number of esters is 1. The fourth-order valence-electron chi connectivity index (χ4n) is 1.99. The average Bonchev–Trinajstić information content (AvgIpc) is 2.52. The van der Waals surface area contributed by atoms with Gasteiger partial charge < -0.3 is 14.8 Å². The summed E-state index contributed by atoms with van der Waals surface area (Å²) in [5.74, 6) is -0.510. The Bertz CT molecular complexity index is 648. The fourth-order valence-corrected chi connectivity index (χ4v) is 2.22. The van der Waals surface area contributed by atoms with Crippen molar-refractivity contribution < 1.29 is 23.9 Å². The van der Waals surface area contributed by atoms with Gasteiger partial charge in [-0.25, -0.2) is 4.79 Å². The van der Waals surface area contributed by atoms with Crippen molar-refractivity contribution in [2.45, 2.75) is 52.7 Å². The highest BCUT2D eigenvalue weighted by atomic mass is 35.5. The van der Waals surface area contributed by atoms with Crippen LogP contribution in [-0.4, -0.2) is 36.7 Å². The molecule has 144 valence electrons. The van der Waals surface area contributed by atoms with Gasteiger partial charge in [0.25, 0.3) is 5.91 Å². The topological polar surface area (TPSA) is 93.7 Å². The van der Waals surface area contributed by atoms with Gasteiger partial charge in [-0.1, -0.05) is 11.6 Å². The standard InChI is InChI=1S/C18H25ClN2O5/c1-11(2)20-18(24)21-17(23)13(4)26-16(22)6-5-9-25-15-8-7-14(19)10-12(15)3/h7-8,10-11,13H,5-6,9H2,1-4H3,(H2,20,21,23,24). The van der Waals surface area contributed by atoms with Crippen LogP contribution in [0.1, 0.15) is 39.2 Å². The minimum Gasteiger partial charge on any atom is -0.493 e. The molecule has 0 fully saturated rings. The molecular formula is C18H25ClN2O5. The van der Waals surface area contributed by atoms with E-state index < -0.39 is 24.0 Å². The van der Waals surface area contributed by atoms with Crippen LogP contribution in [0.3, 0.4) is 0 Å². The van der Waals surface area contributed by atoms with Gasteiger partial charge >= 0.3 is 12.0 Å². The van der Waals surface area contributed by atoms with Crippen LogP contribution in [0.4, 0.5) is 4.79 Å². The number of carbonyl (C=O) groups is 3. The van der Waals surface area contributed by atoms with E-state index in [1.54, 1.807) is 32.0 Å². The van der Waals surface area contributed by atoms with Crippen LogP contribution in [0, 0.1) is 6.92 Å². The van der Waals surface area contributed by atoms with Gasteiger partial charge in [0.15, 0.2) is 6.10 Å². The van der Waals surface area contributed by atoms with Crippen LogP contribution in [0.25, 0.3) is 0 Å².